The fraction of sp³-hybridized carbons (Fsp3) is 0.250. The van der Waals surface area contributed by atoms with Crippen molar-refractivity contribution >= 4 is 26.7 Å². The Bertz CT molecular complexity index is 665. The van der Waals surface area contributed by atoms with Gasteiger partial charge in [-0.05, 0) is 25.1 Å². The number of rotatable bonds is 5. The molecule has 0 radical (unpaired) electrons. The highest BCUT2D eigenvalue weighted by Gasteiger charge is 2.06. The standard InChI is InChI=1S/C12H12N4O2S/c1-2-17-8-3-4-9-10(5-8)19-12(15-9)13-6-11-14-7-18-16-11/h3-5,7H,2,6H2,1H3,(H,13,15). The zero-order valence-corrected chi connectivity index (χ0v) is 11.1. The number of nitrogens with one attached hydrogen (secondary N) is 1. The summed E-state index contributed by atoms with van der Waals surface area (Å²) < 4.78 is 11.2. The molecule has 0 aliphatic rings. The smallest absolute Gasteiger partial charge is 0.213 e. The van der Waals surface area contributed by atoms with Crippen LogP contribution >= 0.6 is 11.3 Å². The molecular formula is C12H12N4O2S. The van der Waals surface area contributed by atoms with Gasteiger partial charge < -0.3 is 14.6 Å². The number of nitrogens with zero attached hydrogens (tertiary/aromatic N) is 3. The molecule has 6 nitrogen and oxygen atoms in total. The average molecular weight is 276 g/mol. The first-order chi connectivity index (χ1) is 9.35. The lowest BCUT2D eigenvalue weighted by Crippen LogP contribution is -2.00. The molecule has 0 atom stereocenters. The van der Waals surface area contributed by atoms with Gasteiger partial charge >= 0.3 is 0 Å². The van der Waals surface area contributed by atoms with E-state index in [-0.39, 0.29) is 0 Å². The maximum atomic E-state index is 5.47. The minimum Gasteiger partial charge on any atom is -0.494 e. The zero-order chi connectivity index (χ0) is 13.1. The summed E-state index contributed by atoms with van der Waals surface area (Å²) in [5.74, 6) is 1.47. The molecule has 0 amide bonds. The predicted octanol–water partition coefficient (Wildman–Crippen LogP) is 2.69. The van der Waals surface area contributed by atoms with Crippen LogP contribution in [0.4, 0.5) is 5.13 Å². The molecule has 0 aliphatic heterocycles. The van der Waals surface area contributed by atoms with Crippen LogP contribution in [0.5, 0.6) is 5.75 Å². The first-order valence-electron chi connectivity index (χ1n) is 5.87. The Morgan fingerprint density at radius 3 is 3.16 bits per heavy atom. The van der Waals surface area contributed by atoms with Gasteiger partial charge in [-0.1, -0.05) is 16.5 Å². The van der Waals surface area contributed by atoms with Gasteiger partial charge in [0.2, 0.25) is 6.39 Å². The number of hydrogen-bond donors (Lipinski definition) is 1. The first-order valence-corrected chi connectivity index (χ1v) is 6.69. The molecule has 0 saturated carbocycles. The number of fused-ring (bicyclic) bond motifs is 1. The summed E-state index contributed by atoms with van der Waals surface area (Å²) in [7, 11) is 0. The molecule has 0 bridgehead atoms. The van der Waals surface area contributed by atoms with E-state index in [1.54, 1.807) is 11.3 Å². The van der Waals surface area contributed by atoms with Crippen LogP contribution in [0.1, 0.15) is 12.7 Å². The monoisotopic (exact) mass is 276 g/mol. The minimum absolute atomic E-state index is 0.495. The molecule has 98 valence electrons. The molecule has 2 aromatic heterocycles. The van der Waals surface area contributed by atoms with E-state index in [0.29, 0.717) is 19.0 Å². The van der Waals surface area contributed by atoms with E-state index in [0.717, 1.165) is 21.1 Å². The van der Waals surface area contributed by atoms with Crippen LogP contribution in [0.15, 0.2) is 29.1 Å². The van der Waals surface area contributed by atoms with E-state index in [2.05, 4.69) is 25.0 Å². The van der Waals surface area contributed by atoms with Gasteiger partial charge in [0.15, 0.2) is 11.0 Å². The van der Waals surface area contributed by atoms with Gasteiger partial charge in [0.25, 0.3) is 0 Å². The molecule has 0 spiro atoms. The van der Waals surface area contributed by atoms with Crippen LogP contribution in [0.3, 0.4) is 0 Å². The first kappa shape index (κ1) is 11.9. The Kier molecular flexibility index (Phi) is 3.28. The Balaban J connectivity index is 1.77. The Hall–Kier alpha value is -2.15. The Morgan fingerprint density at radius 2 is 2.37 bits per heavy atom. The summed E-state index contributed by atoms with van der Waals surface area (Å²) in [6, 6.07) is 5.88. The second-order valence-corrected chi connectivity index (χ2v) is 4.81. The fourth-order valence-electron chi connectivity index (χ4n) is 1.66. The molecule has 0 saturated heterocycles. The third-order valence-corrected chi connectivity index (χ3v) is 3.45. The van der Waals surface area contributed by atoms with Crippen molar-refractivity contribution < 1.29 is 9.26 Å². The van der Waals surface area contributed by atoms with Gasteiger partial charge in [-0.3, -0.25) is 0 Å². The highest BCUT2D eigenvalue weighted by molar-refractivity contribution is 7.22. The third kappa shape index (κ3) is 2.65. The van der Waals surface area contributed by atoms with E-state index >= 15 is 0 Å². The third-order valence-electron chi connectivity index (χ3n) is 2.48. The maximum Gasteiger partial charge on any atom is 0.213 e. The maximum absolute atomic E-state index is 5.47. The summed E-state index contributed by atoms with van der Waals surface area (Å²) in [5.41, 5.74) is 0.948. The zero-order valence-electron chi connectivity index (χ0n) is 10.3. The SMILES string of the molecule is CCOc1ccc2nc(NCc3ncon3)sc2c1. The molecule has 0 fully saturated rings. The van der Waals surface area contributed by atoms with Gasteiger partial charge in [0.05, 0.1) is 23.4 Å². The summed E-state index contributed by atoms with van der Waals surface area (Å²) in [6.45, 7) is 3.12. The van der Waals surface area contributed by atoms with Crippen molar-refractivity contribution in [3.8, 4) is 5.75 Å². The van der Waals surface area contributed by atoms with Crippen LogP contribution in [-0.4, -0.2) is 21.7 Å². The van der Waals surface area contributed by atoms with Crippen molar-refractivity contribution in [2.75, 3.05) is 11.9 Å². The lowest BCUT2D eigenvalue weighted by molar-refractivity contribution is 0.341. The molecule has 2 heterocycles. The highest BCUT2D eigenvalue weighted by atomic mass is 32.1. The predicted molar refractivity (Wildman–Crippen MR) is 72.4 cm³/mol. The molecule has 3 rings (SSSR count). The number of thiazole rings is 1. The lowest BCUT2D eigenvalue weighted by Gasteiger charge is -2.00. The Labute approximate surface area is 113 Å². The second kappa shape index (κ2) is 5.23. The van der Waals surface area contributed by atoms with Crippen LogP contribution < -0.4 is 10.1 Å². The van der Waals surface area contributed by atoms with Gasteiger partial charge in [0.1, 0.15) is 5.75 Å². The van der Waals surface area contributed by atoms with E-state index in [1.165, 1.54) is 6.39 Å². The number of aromatic nitrogens is 3. The number of ether oxygens (including phenoxy) is 1. The molecular weight excluding hydrogens is 264 g/mol. The van der Waals surface area contributed by atoms with Crippen molar-refractivity contribution in [3.05, 3.63) is 30.4 Å². The largest absolute Gasteiger partial charge is 0.494 e. The summed E-state index contributed by atoms with van der Waals surface area (Å²) >= 11 is 1.57. The van der Waals surface area contributed by atoms with Crippen LogP contribution in [-0.2, 0) is 6.54 Å². The van der Waals surface area contributed by atoms with Gasteiger partial charge in [0, 0.05) is 0 Å². The highest BCUT2D eigenvalue weighted by Crippen LogP contribution is 2.29. The van der Waals surface area contributed by atoms with Gasteiger partial charge in [-0.2, -0.15) is 4.98 Å². The van der Waals surface area contributed by atoms with Gasteiger partial charge in [-0.25, -0.2) is 4.98 Å². The van der Waals surface area contributed by atoms with Crippen molar-refractivity contribution in [1.29, 1.82) is 0 Å². The van der Waals surface area contributed by atoms with Crippen LogP contribution in [0.25, 0.3) is 10.2 Å². The summed E-state index contributed by atoms with van der Waals surface area (Å²) in [5, 5.41) is 7.73. The van der Waals surface area contributed by atoms with E-state index < -0.39 is 0 Å². The molecule has 3 aromatic rings. The van der Waals surface area contributed by atoms with Gasteiger partial charge in [-0.15, -0.1) is 0 Å². The van der Waals surface area contributed by atoms with Crippen LogP contribution in [0.2, 0.25) is 0 Å². The number of hydrogen-bond acceptors (Lipinski definition) is 7. The minimum atomic E-state index is 0.495. The molecule has 19 heavy (non-hydrogen) atoms. The van der Waals surface area contributed by atoms with E-state index in [1.807, 2.05) is 25.1 Å². The lowest BCUT2D eigenvalue weighted by atomic mass is 10.3. The quantitative estimate of drug-likeness (QED) is 0.772. The van der Waals surface area contributed by atoms with Crippen molar-refractivity contribution in [3.63, 3.8) is 0 Å². The fourth-order valence-corrected chi connectivity index (χ4v) is 2.55. The summed E-state index contributed by atoms with van der Waals surface area (Å²) in [4.78, 5) is 8.42. The molecule has 0 aliphatic carbocycles. The second-order valence-electron chi connectivity index (χ2n) is 3.78. The summed E-state index contributed by atoms with van der Waals surface area (Å²) in [6.07, 6.45) is 1.31. The number of benzene rings is 1. The van der Waals surface area contributed by atoms with Crippen molar-refractivity contribution in [2.45, 2.75) is 13.5 Å². The normalized spacial score (nSPS) is 10.8. The topological polar surface area (TPSA) is 73.1 Å². The molecule has 1 aromatic carbocycles. The number of anilines is 1. The molecule has 1 N–H and O–H groups in total. The molecule has 7 heteroatoms. The van der Waals surface area contributed by atoms with E-state index in [9.17, 15) is 0 Å². The van der Waals surface area contributed by atoms with Crippen molar-refractivity contribution in [1.82, 2.24) is 15.1 Å². The Morgan fingerprint density at radius 1 is 1.42 bits per heavy atom. The van der Waals surface area contributed by atoms with E-state index in [4.69, 9.17) is 4.74 Å². The molecule has 0 unspecified atom stereocenters. The van der Waals surface area contributed by atoms with Crippen molar-refractivity contribution in [2.24, 2.45) is 0 Å². The van der Waals surface area contributed by atoms with Crippen LogP contribution in [0, 0.1) is 0 Å². The average Bonchev–Trinajstić information content (AvgIpc) is 3.05.